The van der Waals surface area contributed by atoms with Gasteiger partial charge in [0, 0.05) is 0 Å². The summed E-state index contributed by atoms with van der Waals surface area (Å²) in [6.45, 7) is -0.140. The molecule has 6 nitrogen and oxygen atoms in total. The number of carbonyl (C=O) groups excluding carboxylic acids is 2. The Morgan fingerprint density at radius 3 is 2.82 bits per heavy atom. The van der Waals surface area contributed by atoms with Crippen LogP contribution in [-0.2, 0) is 20.9 Å². The highest BCUT2D eigenvalue weighted by molar-refractivity contribution is 9.09. The number of hydrogen-bond acceptors (Lipinski definition) is 5. The number of para-hydroxylation sites is 1. The van der Waals surface area contributed by atoms with Gasteiger partial charge in [0.05, 0.1) is 5.52 Å². The molecule has 0 radical (unpaired) electrons. The van der Waals surface area contributed by atoms with Crippen molar-refractivity contribution in [3.63, 3.8) is 0 Å². The highest BCUT2D eigenvalue weighted by Crippen LogP contribution is 2.09. The van der Waals surface area contributed by atoms with E-state index in [1.54, 1.807) is 12.1 Å². The fraction of sp³-hybridized carbons (Fsp3) is 0.200. The van der Waals surface area contributed by atoms with Crippen LogP contribution in [-0.4, -0.2) is 32.3 Å². The number of nitrogens with zero attached hydrogens (tertiary/aromatic N) is 3. The van der Waals surface area contributed by atoms with Gasteiger partial charge in [-0.25, -0.2) is 9.48 Å². The van der Waals surface area contributed by atoms with Crippen molar-refractivity contribution >= 4 is 38.9 Å². The van der Waals surface area contributed by atoms with Crippen LogP contribution in [0.15, 0.2) is 24.3 Å². The first-order valence-electron chi connectivity index (χ1n) is 4.78. The molecule has 1 heterocycles. The van der Waals surface area contributed by atoms with E-state index in [0.29, 0.717) is 5.52 Å². The van der Waals surface area contributed by atoms with Crippen LogP contribution in [0.2, 0.25) is 0 Å². The van der Waals surface area contributed by atoms with Crippen molar-refractivity contribution < 1.29 is 14.3 Å². The molecule has 1 aromatic heterocycles. The van der Waals surface area contributed by atoms with Crippen molar-refractivity contribution in [1.29, 1.82) is 0 Å². The van der Waals surface area contributed by atoms with Gasteiger partial charge in [-0.2, -0.15) is 0 Å². The first-order chi connectivity index (χ1) is 8.20. The van der Waals surface area contributed by atoms with Crippen LogP contribution >= 0.6 is 15.9 Å². The van der Waals surface area contributed by atoms with Crippen molar-refractivity contribution in [2.75, 3.05) is 5.33 Å². The first-order valence-corrected chi connectivity index (χ1v) is 5.90. The SMILES string of the molecule is O=C(CBr)OC(=O)Cn1nnc2ccccc21. The molecule has 0 saturated heterocycles. The Balaban J connectivity index is 2.13. The summed E-state index contributed by atoms with van der Waals surface area (Å²) >= 11 is 2.90. The van der Waals surface area contributed by atoms with E-state index in [4.69, 9.17) is 0 Å². The minimum absolute atomic E-state index is 0.0170. The second-order valence-electron chi connectivity index (χ2n) is 3.22. The fourth-order valence-corrected chi connectivity index (χ4v) is 1.46. The predicted molar refractivity (Wildman–Crippen MR) is 62.4 cm³/mol. The Labute approximate surface area is 105 Å². The Bertz CT molecular complexity index is 567. The van der Waals surface area contributed by atoms with Crippen molar-refractivity contribution in [3.8, 4) is 0 Å². The molecular formula is C10H8BrN3O3. The predicted octanol–water partition coefficient (Wildman–Crippen LogP) is 0.896. The van der Waals surface area contributed by atoms with Crippen LogP contribution in [0.3, 0.4) is 0 Å². The number of rotatable bonds is 3. The summed E-state index contributed by atoms with van der Waals surface area (Å²) in [5.41, 5.74) is 1.41. The summed E-state index contributed by atoms with van der Waals surface area (Å²) in [6.07, 6.45) is 0. The third kappa shape index (κ3) is 2.68. The van der Waals surface area contributed by atoms with Gasteiger partial charge in [-0.1, -0.05) is 33.3 Å². The van der Waals surface area contributed by atoms with Gasteiger partial charge in [-0.3, -0.25) is 4.79 Å². The lowest BCUT2D eigenvalue weighted by molar-refractivity contribution is -0.158. The number of hydrogen-bond donors (Lipinski definition) is 0. The molecule has 0 amide bonds. The van der Waals surface area contributed by atoms with Crippen LogP contribution < -0.4 is 0 Å². The zero-order valence-electron chi connectivity index (χ0n) is 8.67. The Morgan fingerprint density at radius 2 is 2.06 bits per heavy atom. The average molecular weight is 298 g/mol. The van der Waals surface area contributed by atoms with Gasteiger partial charge >= 0.3 is 11.9 Å². The van der Waals surface area contributed by atoms with Crippen LogP contribution in [0.25, 0.3) is 11.0 Å². The Morgan fingerprint density at radius 1 is 1.29 bits per heavy atom. The normalized spacial score (nSPS) is 10.4. The van der Waals surface area contributed by atoms with Crippen molar-refractivity contribution in [2.24, 2.45) is 0 Å². The minimum Gasteiger partial charge on any atom is -0.391 e. The topological polar surface area (TPSA) is 74.1 Å². The van der Waals surface area contributed by atoms with E-state index >= 15 is 0 Å². The standard InChI is InChI=1S/C10H8BrN3O3/c11-5-9(15)17-10(16)6-14-8-4-2-1-3-7(8)12-13-14/h1-4H,5-6H2. The summed E-state index contributed by atoms with van der Waals surface area (Å²) in [6, 6.07) is 7.22. The molecule has 0 atom stereocenters. The molecule has 1 aromatic carbocycles. The molecule has 0 fully saturated rings. The molecule has 0 aliphatic rings. The largest absolute Gasteiger partial charge is 0.391 e. The number of benzene rings is 1. The molecule has 0 aliphatic carbocycles. The number of aromatic nitrogens is 3. The van der Waals surface area contributed by atoms with Gasteiger partial charge in [-0.15, -0.1) is 5.10 Å². The molecule has 0 saturated carbocycles. The molecule has 0 N–H and O–H groups in total. The zero-order chi connectivity index (χ0) is 12.3. The number of halogens is 1. The van der Waals surface area contributed by atoms with Crippen LogP contribution in [0, 0.1) is 0 Å². The molecule has 7 heteroatoms. The van der Waals surface area contributed by atoms with E-state index in [-0.39, 0.29) is 11.9 Å². The van der Waals surface area contributed by atoms with Crippen molar-refractivity contribution in [2.45, 2.75) is 6.54 Å². The maximum atomic E-state index is 11.4. The average Bonchev–Trinajstić information content (AvgIpc) is 2.72. The summed E-state index contributed by atoms with van der Waals surface area (Å²) < 4.78 is 5.90. The lowest BCUT2D eigenvalue weighted by Crippen LogP contribution is -2.19. The molecule has 0 bridgehead atoms. The van der Waals surface area contributed by atoms with Gasteiger partial charge in [-0.05, 0) is 12.1 Å². The molecule has 0 unspecified atom stereocenters. The van der Waals surface area contributed by atoms with Gasteiger partial charge in [0.25, 0.3) is 0 Å². The van der Waals surface area contributed by atoms with E-state index in [0.717, 1.165) is 5.52 Å². The first kappa shape index (κ1) is 11.7. The minimum atomic E-state index is -0.662. The number of ether oxygens (including phenoxy) is 1. The molecule has 17 heavy (non-hydrogen) atoms. The second-order valence-corrected chi connectivity index (χ2v) is 3.78. The van der Waals surface area contributed by atoms with Gasteiger partial charge in [0.15, 0.2) is 0 Å². The van der Waals surface area contributed by atoms with Gasteiger partial charge in [0.2, 0.25) is 0 Å². The van der Waals surface area contributed by atoms with Crippen LogP contribution in [0.1, 0.15) is 0 Å². The number of alkyl halides is 1. The smallest absolute Gasteiger partial charge is 0.335 e. The molecule has 0 spiro atoms. The second kappa shape index (κ2) is 5.05. The maximum Gasteiger partial charge on any atom is 0.335 e. The van der Waals surface area contributed by atoms with Crippen molar-refractivity contribution in [3.05, 3.63) is 24.3 Å². The Kier molecular flexibility index (Phi) is 3.48. The highest BCUT2D eigenvalue weighted by atomic mass is 79.9. The Hall–Kier alpha value is -1.76. The van der Waals surface area contributed by atoms with E-state index in [1.165, 1.54) is 4.68 Å². The number of carbonyl (C=O) groups is 2. The van der Waals surface area contributed by atoms with E-state index in [1.807, 2.05) is 12.1 Å². The van der Waals surface area contributed by atoms with E-state index in [2.05, 4.69) is 31.0 Å². The van der Waals surface area contributed by atoms with Gasteiger partial charge in [0.1, 0.15) is 17.4 Å². The quantitative estimate of drug-likeness (QED) is 0.478. The zero-order valence-corrected chi connectivity index (χ0v) is 10.3. The summed E-state index contributed by atoms with van der Waals surface area (Å²) in [7, 11) is 0. The van der Waals surface area contributed by atoms with E-state index < -0.39 is 11.9 Å². The lowest BCUT2D eigenvalue weighted by atomic mass is 10.3. The van der Waals surface area contributed by atoms with E-state index in [9.17, 15) is 9.59 Å². The molecule has 88 valence electrons. The molecule has 0 aliphatic heterocycles. The third-order valence-corrected chi connectivity index (χ3v) is 2.49. The van der Waals surface area contributed by atoms with Crippen LogP contribution in [0.4, 0.5) is 0 Å². The van der Waals surface area contributed by atoms with Gasteiger partial charge < -0.3 is 4.74 Å². The maximum absolute atomic E-state index is 11.4. The molecule has 2 rings (SSSR count). The lowest BCUT2D eigenvalue weighted by Gasteiger charge is -2.01. The number of fused-ring (bicyclic) bond motifs is 1. The van der Waals surface area contributed by atoms with Crippen LogP contribution in [0.5, 0.6) is 0 Å². The van der Waals surface area contributed by atoms with Crippen molar-refractivity contribution in [1.82, 2.24) is 15.0 Å². The molecular weight excluding hydrogens is 290 g/mol. The third-order valence-electron chi connectivity index (χ3n) is 2.04. The monoisotopic (exact) mass is 297 g/mol. The fourth-order valence-electron chi connectivity index (χ4n) is 1.34. The highest BCUT2D eigenvalue weighted by Gasteiger charge is 2.12. The summed E-state index contributed by atoms with van der Waals surface area (Å²) in [4.78, 5) is 22.2. The molecule has 2 aromatic rings. The summed E-state index contributed by atoms with van der Waals surface area (Å²) in [5, 5.41) is 7.68. The summed E-state index contributed by atoms with van der Waals surface area (Å²) in [5.74, 6) is -1.29. The number of esters is 2.